The second kappa shape index (κ2) is 6.52. The first kappa shape index (κ1) is 16.0. The lowest BCUT2D eigenvalue weighted by atomic mass is 9.96. The highest BCUT2D eigenvalue weighted by Crippen LogP contribution is 2.32. The molecule has 5 nitrogen and oxygen atoms in total. The fourth-order valence-electron chi connectivity index (χ4n) is 3.75. The highest BCUT2D eigenvalue weighted by molar-refractivity contribution is 6.03. The van der Waals surface area contributed by atoms with Crippen LogP contribution in [0.2, 0.25) is 0 Å². The number of nitrogens with zero attached hydrogens (tertiary/aromatic N) is 2. The van der Waals surface area contributed by atoms with Crippen LogP contribution < -0.4 is 10.5 Å². The maximum Gasteiger partial charge on any atom is 0.260 e. The van der Waals surface area contributed by atoms with Gasteiger partial charge < -0.3 is 9.64 Å². The molecule has 1 aliphatic rings. The molecular weight excluding hydrogens is 338 g/mol. The summed E-state index contributed by atoms with van der Waals surface area (Å²) in [5.74, 6) is 0.614. The van der Waals surface area contributed by atoms with Crippen LogP contribution in [0.25, 0.3) is 32.8 Å². The molecule has 0 spiro atoms. The van der Waals surface area contributed by atoms with E-state index in [1.807, 2.05) is 36.4 Å². The lowest BCUT2D eigenvalue weighted by Gasteiger charge is -2.27. The normalized spacial score (nSPS) is 14.7. The van der Waals surface area contributed by atoms with Crippen molar-refractivity contribution in [1.82, 2.24) is 9.97 Å². The van der Waals surface area contributed by atoms with E-state index in [1.54, 1.807) is 0 Å². The topological polar surface area (TPSA) is 58.2 Å². The van der Waals surface area contributed by atoms with E-state index < -0.39 is 0 Å². The predicted octanol–water partition coefficient (Wildman–Crippen LogP) is 3.58. The van der Waals surface area contributed by atoms with Crippen LogP contribution in [0.4, 0.5) is 5.95 Å². The molecular formula is C22H19N3O2. The Balaban J connectivity index is 1.77. The molecule has 4 aromatic rings. The second-order valence-corrected chi connectivity index (χ2v) is 6.72. The SMILES string of the molecule is O=c1[nH]c(N2CCOCC2)nc2c(-c3cccc4ccccc34)cccc12. The van der Waals surface area contributed by atoms with Crippen molar-refractivity contribution in [1.29, 1.82) is 0 Å². The van der Waals surface area contributed by atoms with Gasteiger partial charge in [-0.15, -0.1) is 0 Å². The zero-order chi connectivity index (χ0) is 18.2. The number of benzene rings is 3. The average molecular weight is 357 g/mol. The van der Waals surface area contributed by atoms with Crippen molar-refractivity contribution in [3.8, 4) is 11.1 Å². The number of nitrogens with one attached hydrogen (secondary N) is 1. The minimum Gasteiger partial charge on any atom is -0.378 e. The van der Waals surface area contributed by atoms with Gasteiger partial charge in [0, 0.05) is 18.7 Å². The van der Waals surface area contributed by atoms with Crippen molar-refractivity contribution in [2.75, 3.05) is 31.2 Å². The van der Waals surface area contributed by atoms with Crippen molar-refractivity contribution in [2.24, 2.45) is 0 Å². The Kier molecular flexibility index (Phi) is 3.87. The molecule has 134 valence electrons. The summed E-state index contributed by atoms with van der Waals surface area (Å²) in [5.41, 5.74) is 2.69. The summed E-state index contributed by atoms with van der Waals surface area (Å²) in [6, 6.07) is 20.3. The molecule has 1 aliphatic heterocycles. The highest BCUT2D eigenvalue weighted by atomic mass is 16.5. The number of hydrogen-bond acceptors (Lipinski definition) is 4. The molecule has 0 bridgehead atoms. The predicted molar refractivity (Wildman–Crippen MR) is 108 cm³/mol. The fraction of sp³-hybridized carbons (Fsp3) is 0.182. The molecule has 0 aliphatic carbocycles. The van der Waals surface area contributed by atoms with Gasteiger partial charge in [0.15, 0.2) is 0 Å². The molecule has 3 aromatic carbocycles. The molecule has 1 aromatic heterocycles. The summed E-state index contributed by atoms with van der Waals surface area (Å²) < 4.78 is 5.42. The van der Waals surface area contributed by atoms with Gasteiger partial charge in [0.05, 0.1) is 24.1 Å². The number of fused-ring (bicyclic) bond motifs is 2. The van der Waals surface area contributed by atoms with E-state index in [4.69, 9.17) is 9.72 Å². The van der Waals surface area contributed by atoms with E-state index in [2.05, 4.69) is 34.1 Å². The number of para-hydroxylation sites is 1. The first-order valence-electron chi connectivity index (χ1n) is 9.15. The Morgan fingerprint density at radius 1 is 0.852 bits per heavy atom. The molecule has 5 heteroatoms. The first-order valence-corrected chi connectivity index (χ1v) is 9.15. The van der Waals surface area contributed by atoms with Gasteiger partial charge >= 0.3 is 0 Å². The molecule has 5 rings (SSSR count). The van der Waals surface area contributed by atoms with Gasteiger partial charge in [0.1, 0.15) is 0 Å². The minimum atomic E-state index is -0.108. The molecule has 0 radical (unpaired) electrons. The Labute approximate surface area is 156 Å². The fourth-order valence-corrected chi connectivity index (χ4v) is 3.75. The Morgan fingerprint density at radius 2 is 1.56 bits per heavy atom. The number of aromatic nitrogens is 2. The quantitative estimate of drug-likeness (QED) is 0.596. The summed E-state index contributed by atoms with van der Waals surface area (Å²) in [6.45, 7) is 2.75. The van der Waals surface area contributed by atoms with Crippen molar-refractivity contribution in [3.05, 3.63) is 71.0 Å². The summed E-state index contributed by atoms with van der Waals surface area (Å²) in [6.07, 6.45) is 0. The van der Waals surface area contributed by atoms with E-state index in [0.29, 0.717) is 24.5 Å². The van der Waals surface area contributed by atoms with Gasteiger partial charge in [-0.05, 0) is 22.4 Å². The number of rotatable bonds is 2. The second-order valence-electron chi connectivity index (χ2n) is 6.72. The summed E-state index contributed by atoms with van der Waals surface area (Å²) in [5, 5.41) is 2.94. The molecule has 1 N–H and O–H groups in total. The van der Waals surface area contributed by atoms with Gasteiger partial charge in [0.2, 0.25) is 5.95 Å². The monoisotopic (exact) mass is 357 g/mol. The molecule has 0 saturated carbocycles. The molecule has 0 unspecified atom stereocenters. The Morgan fingerprint density at radius 3 is 2.44 bits per heavy atom. The minimum absolute atomic E-state index is 0.108. The lowest BCUT2D eigenvalue weighted by molar-refractivity contribution is 0.122. The standard InChI is InChI=1S/C22H19N3O2/c26-21-19-10-4-9-18(17-8-3-6-15-5-1-2-7-16(15)17)20(19)23-22(24-21)25-11-13-27-14-12-25/h1-10H,11-14H2,(H,23,24,26). The molecule has 27 heavy (non-hydrogen) atoms. The van der Waals surface area contributed by atoms with Crippen LogP contribution in [-0.2, 0) is 4.74 Å². The van der Waals surface area contributed by atoms with Crippen molar-refractivity contribution in [3.63, 3.8) is 0 Å². The number of aromatic amines is 1. The van der Waals surface area contributed by atoms with Crippen LogP contribution in [0.15, 0.2) is 65.5 Å². The number of morpholine rings is 1. The molecule has 0 amide bonds. The largest absolute Gasteiger partial charge is 0.378 e. The van der Waals surface area contributed by atoms with E-state index >= 15 is 0 Å². The first-order chi connectivity index (χ1) is 13.3. The third-order valence-corrected chi connectivity index (χ3v) is 5.11. The maximum atomic E-state index is 12.7. The summed E-state index contributed by atoms with van der Waals surface area (Å²) in [4.78, 5) is 22.6. The van der Waals surface area contributed by atoms with Gasteiger partial charge in [-0.3, -0.25) is 9.78 Å². The molecule has 1 fully saturated rings. The number of ether oxygens (including phenoxy) is 1. The zero-order valence-corrected chi connectivity index (χ0v) is 14.8. The molecule has 1 saturated heterocycles. The number of H-pyrrole nitrogens is 1. The molecule has 0 atom stereocenters. The van der Waals surface area contributed by atoms with Crippen molar-refractivity contribution >= 4 is 27.6 Å². The van der Waals surface area contributed by atoms with Crippen LogP contribution in [0.5, 0.6) is 0 Å². The van der Waals surface area contributed by atoms with Gasteiger partial charge in [-0.1, -0.05) is 54.6 Å². The van der Waals surface area contributed by atoms with Crippen LogP contribution >= 0.6 is 0 Å². The third-order valence-electron chi connectivity index (χ3n) is 5.11. The lowest BCUT2D eigenvalue weighted by Crippen LogP contribution is -2.38. The van der Waals surface area contributed by atoms with Crippen molar-refractivity contribution in [2.45, 2.75) is 0 Å². The smallest absolute Gasteiger partial charge is 0.260 e. The van der Waals surface area contributed by atoms with Crippen LogP contribution in [0, 0.1) is 0 Å². The Bertz CT molecular complexity index is 1190. The average Bonchev–Trinajstić information content (AvgIpc) is 2.73. The zero-order valence-electron chi connectivity index (χ0n) is 14.8. The van der Waals surface area contributed by atoms with E-state index in [9.17, 15) is 4.79 Å². The van der Waals surface area contributed by atoms with Crippen LogP contribution in [0.3, 0.4) is 0 Å². The molecule has 2 heterocycles. The van der Waals surface area contributed by atoms with Crippen LogP contribution in [-0.4, -0.2) is 36.3 Å². The van der Waals surface area contributed by atoms with Crippen LogP contribution in [0.1, 0.15) is 0 Å². The van der Waals surface area contributed by atoms with Gasteiger partial charge in [-0.25, -0.2) is 4.98 Å². The van der Waals surface area contributed by atoms with E-state index in [1.165, 1.54) is 5.39 Å². The summed E-state index contributed by atoms with van der Waals surface area (Å²) in [7, 11) is 0. The number of anilines is 1. The Hall–Kier alpha value is -3.18. The van der Waals surface area contributed by atoms with Gasteiger partial charge in [-0.2, -0.15) is 0 Å². The van der Waals surface area contributed by atoms with E-state index in [-0.39, 0.29) is 5.56 Å². The summed E-state index contributed by atoms with van der Waals surface area (Å²) >= 11 is 0. The van der Waals surface area contributed by atoms with Gasteiger partial charge in [0.25, 0.3) is 5.56 Å². The van der Waals surface area contributed by atoms with E-state index in [0.717, 1.165) is 35.1 Å². The third kappa shape index (κ3) is 2.76. The number of hydrogen-bond donors (Lipinski definition) is 1. The highest BCUT2D eigenvalue weighted by Gasteiger charge is 2.17. The maximum absolute atomic E-state index is 12.7. The van der Waals surface area contributed by atoms with Crippen molar-refractivity contribution < 1.29 is 4.74 Å².